The molecule has 0 radical (unpaired) electrons. The predicted octanol–water partition coefficient (Wildman–Crippen LogP) is 2.79. The molecular formula is C19H19FN2O3S. The molecule has 1 fully saturated rings. The number of rotatable bonds is 4. The minimum Gasteiger partial charge on any atom is -0.366 e. The number of hydrogen-bond donors (Lipinski definition) is 1. The molecule has 2 aromatic carbocycles. The van der Waals surface area contributed by atoms with E-state index in [1.807, 2.05) is 12.1 Å². The summed E-state index contributed by atoms with van der Waals surface area (Å²) in [5, 5.41) is 0. The van der Waals surface area contributed by atoms with E-state index in [9.17, 15) is 17.6 Å². The van der Waals surface area contributed by atoms with Gasteiger partial charge in [0.2, 0.25) is 15.9 Å². The Kier molecular flexibility index (Phi) is 5.20. The Morgan fingerprint density at radius 2 is 1.73 bits per heavy atom. The van der Waals surface area contributed by atoms with Crippen LogP contribution in [0.15, 0.2) is 59.0 Å². The highest BCUT2D eigenvalue weighted by molar-refractivity contribution is 7.89. The van der Waals surface area contributed by atoms with Crippen molar-refractivity contribution in [3.63, 3.8) is 0 Å². The van der Waals surface area contributed by atoms with Crippen LogP contribution >= 0.6 is 0 Å². The van der Waals surface area contributed by atoms with Gasteiger partial charge in [0.25, 0.3) is 0 Å². The van der Waals surface area contributed by atoms with Crippen LogP contribution in [0.4, 0.5) is 4.39 Å². The van der Waals surface area contributed by atoms with E-state index in [1.165, 1.54) is 40.7 Å². The molecule has 5 nitrogen and oxygen atoms in total. The molecule has 1 saturated heterocycles. The van der Waals surface area contributed by atoms with Crippen LogP contribution in [0.1, 0.15) is 28.8 Å². The molecule has 3 rings (SSSR count). The third-order valence-corrected chi connectivity index (χ3v) is 6.27. The molecule has 1 amide bonds. The van der Waals surface area contributed by atoms with Gasteiger partial charge in [0, 0.05) is 18.7 Å². The van der Waals surface area contributed by atoms with E-state index in [1.54, 1.807) is 6.07 Å². The zero-order valence-electron chi connectivity index (χ0n) is 14.1. The number of amides is 1. The number of carbonyl (C=O) groups excluding carboxylic acids is 1. The second-order valence-corrected chi connectivity index (χ2v) is 8.09. The predicted molar refractivity (Wildman–Crippen MR) is 97.3 cm³/mol. The van der Waals surface area contributed by atoms with Crippen LogP contribution in [0, 0.1) is 5.82 Å². The van der Waals surface area contributed by atoms with E-state index < -0.39 is 15.9 Å². The van der Waals surface area contributed by atoms with Crippen molar-refractivity contribution in [3.8, 4) is 0 Å². The third-order valence-electron chi connectivity index (χ3n) is 4.36. The van der Waals surface area contributed by atoms with E-state index in [0.717, 1.165) is 11.1 Å². The lowest BCUT2D eigenvalue weighted by Gasteiger charge is -2.27. The molecule has 2 aromatic rings. The highest BCUT2D eigenvalue weighted by Gasteiger charge is 2.27. The van der Waals surface area contributed by atoms with E-state index in [4.69, 9.17) is 5.73 Å². The van der Waals surface area contributed by atoms with Crippen LogP contribution in [0.3, 0.4) is 0 Å². The van der Waals surface area contributed by atoms with Crippen LogP contribution in [0.2, 0.25) is 0 Å². The molecule has 1 heterocycles. The Balaban J connectivity index is 1.71. The molecule has 1 aliphatic rings. The first-order valence-electron chi connectivity index (χ1n) is 8.21. The van der Waals surface area contributed by atoms with Gasteiger partial charge >= 0.3 is 0 Å². The molecule has 0 bridgehead atoms. The molecule has 136 valence electrons. The van der Waals surface area contributed by atoms with E-state index >= 15 is 0 Å². The zero-order valence-corrected chi connectivity index (χ0v) is 14.9. The first-order valence-corrected chi connectivity index (χ1v) is 9.65. The first kappa shape index (κ1) is 18.3. The van der Waals surface area contributed by atoms with Gasteiger partial charge in [0.15, 0.2) is 0 Å². The quantitative estimate of drug-likeness (QED) is 0.894. The second kappa shape index (κ2) is 7.39. The smallest absolute Gasteiger partial charge is 0.248 e. The Morgan fingerprint density at radius 1 is 1.08 bits per heavy atom. The molecule has 0 spiro atoms. The van der Waals surface area contributed by atoms with Gasteiger partial charge in [-0.05, 0) is 54.8 Å². The molecular weight excluding hydrogens is 355 g/mol. The fourth-order valence-corrected chi connectivity index (χ4v) is 4.37. The maximum Gasteiger partial charge on any atom is 0.248 e. The van der Waals surface area contributed by atoms with Crippen molar-refractivity contribution in [1.29, 1.82) is 0 Å². The average molecular weight is 374 g/mol. The lowest BCUT2D eigenvalue weighted by molar-refractivity contribution is 0.1000. The van der Waals surface area contributed by atoms with Crippen LogP contribution in [-0.2, 0) is 10.0 Å². The summed E-state index contributed by atoms with van der Waals surface area (Å²) in [7, 11) is -3.61. The lowest BCUT2D eigenvalue weighted by atomic mass is 10.0. The van der Waals surface area contributed by atoms with E-state index in [2.05, 4.69) is 0 Å². The van der Waals surface area contributed by atoms with E-state index in [0.29, 0.717) is 25.9 Å². The summed E-state index contributed by atoms with van der Waals surface area (Å²) in [6.45, 7) is 0.724. The molecule has 1 aliphatic heterocycles. The number of halogens is 1. The Hall–Kier alpha value is -2.51. The molecule has 0 aliphatic carbocycles. The number of hydrogen-bond acceptors (Lipinski definition) is 3. The summed E-state index contributed by atoms with van der Waals surface area (Å²) >= 11 is 0. The average Bonchev–Trinajstić information content (AvgIpc) is 2.62. The summed E-state index contributed by atoms with van der Waals surface area (Å²) in [5.41, 5.74) is 7.31. The van der Waals surface area contributed by atoms with Crippen molar-refractivity contribution in [2.45, 2.75) is 17.7 Å². The van der Waals surface area contributed by atoms with Crippen molar-refractivity contribution in [1.82, 2.24) is 4.31 Å². The van der Waals surface area contributed by atoms with Crippen LogP contribution in [0.25, 0.3) is 6.08 Å². The standard InChI is InChI=1S/C19H19FN2O3S/c20-17-3-1-2-15(13-17)12-14-8-10-22(11-9-14)26(24,25)18-6-4-16(5-7-18)19(21)23/h1-7,12-13H,8-11H2,(H2,21,23). The summed E-state index contributed by atoms with van der Waals surface area (Å²) in [6.07, 6.45) is 3.10. The third kappa shape index (κ3) is 4.00. The fraction of sp³-hybridized carbons (Fsp3) is 0.211. The number of sulfonamides is 1. The molecule has 0 atom stereocenters. The monoisotopic (exact) mass is 374 g/mol. The maximum atomic E-state index is 13.3. The Labute approximate surface area is 152 Å². The normalized spacial score (nSPS) is 15.7. The summed E-state index contributed by atoms with van der Waals surface area (Å²) in [5.74, 6) is -0.891. The minimum absolute atomic E-state index is 0.139. The molecule has 0 unspecified atom stereocenters. The van der Waals surface area contributed by atoms with Crippen LogP contribution in [-0.4, -0.2) is 31.7 Å². The molecule has 26 heavy (non-hydrogen) atoms. The van der Waals surface area contributed by atoms with Crippen LogP contribution in [0.5, 0.6) is 0 Å². The Bertz CT molecular complexity index is 943. The van der Waals surface area contributed by atoms with E-state index in [-0.39, 0.29) is 16.3 Å². The number of carbonyl (C=O) groups is 1. The first-order chi connectivity index (χ1) is 12.4. The SMILES string of the molecule is NC(=O)c1ccc(S(=O)(=O)N2CCC(=Cc3cccc(F)c3)CC2)cc1. The second-order valence-electron chi connectivity index (χ2n) is 6.15. The highest BCUT2D eigenvalue weighted by atomic mass is 32.2. The van der Waals surface area contributed by atoms with Gasteiger partial charge in [-0.15, -0.1) is 0 Å². The zero-order chi connectivity index (χ0) is 18.7. The number of nitrogens with zero attached hydrogens (tertiary/aromatic N) is 1. The number of piperidine rings is 1. The molecule has 7 heteroatoms. The van der Waals surface area contributed by atoms with Crippen molar-refractivity contribution in [2.24, 2.45) is 5.73 Å². The van der Waals surface area contributed by atoms with Crippen molar-refractivity contribution in [3.05, 3.63) is 71.0 Å². The summed E-state index contributed by atoms with van der Waals surface area (Å²) < 4.78 is 40.1. The maximum absolute atomic E-state index is 13.3. The van der Waals surface area contributed by atoms with Gasteiger partial charge in [-0.3, -0.25) is 4.79 Å². The number of primary amides is 1. The van der Waals surface area contributed by atoms with Crippen LogP contribution < -0.4 is 5.73 Å². The minimum atomic E-state index is -3.61. The fourth-order valence-electron chi connectivity index (χ4n) is 2.93. The topological polar surface area (TPSA) is 80.5 Å². The molecule has 0 saturated carbocycles. The van der Waals surface area contributed by atoms with Crippen molar-refractivity contribution < 1.29 is 17.6 Å². The number of nitrogens with two attached hydrogens (primary N) is 1. The van der Waals surface area contributed by atoms with Gasteiger partial charge < -0.3 is 5.73 Å². The molecule has 0 aromatic heterocycles. The molecule has 2 N–H and O–H groups in total. The largest absolute Gasteiger partial charge is 0.366 e. The van der Waals surface area contributed by atoms with Gasteiger partial charge in [0.05, 0.1) is 4.90 Å². The highest BCUT2D eigenvalue weighted by Crippen LogP contribution is 2.25. The number of benzene rings is 2. The lowest BCUT2D eigenvalue weighted by Crippen LogP contribution is -2.36. The van der Waals surface area contributed by atoms with Gasteiger partial charge in [-0.25, -0.2) is 12.8 Å². The Morgan fingerprint density at radius 3 is 2.31 bits per heavy atom. The summed E-state index contributed by atoms with van der Waals surface area (Å²) in [4.78, 5) is 11.2. The van der Waals surface area contributed by atoms with Gasteiger partial charge in [-0.1, -0.05) is 23.8 Å². The summed E-state index contributed by atoms with van der Waals surface area (Å²) in [6, 6.07) is 11.9. The van der Waals surface area contributed by atoms with Crippen molar-refractivity contribution >= 4 is 22.0 Å². The van der Waals surface area contributed by atoms with Crippen molar-refractivity contribution in [2.75, 3.05) is 13.1 Å². The van der Waals surface area contributed by atoms with Gasteiger partial charge in [0.1, 0.15) is 5.82 Å². The van der Waals surface area contributed by atoms with Gasteiger partial charge in [-0.2, -0.15) is 4.31 Å².